The summed E-state index contributed by atoms with van der Waals surface area (Å²) in [5.74, 6) is -0.755. The minimum Gasteiger partial charge on any atom is -1.00 e. The van der Waals surface area contributed by atoms with Crippen LogP contribution in [0.1, 0.15) is 95.2 Å². The zero-order valence-corrected chi connectivity index (χ0v) is 26.7. The van der Waals surface area contributed by atoms with Crippen LogP contribution in [0.5, 0.6) is 5.75 Å². The number of nitrogens with zero attached hydrogens (tertiary/aromatic N) is 2. The van der Waals surface area contributed by atoms with Crippen LogP contribution in [0.4, 0.5) is 0 Å². The quantitative estimate of drug-likeness (QED) is 0.137. The summed E-state index contributed by atoms with van der Waals surface area (Å²) in [6.07, 6.45) is 20.2. The molecule has 0 saturated heterocycles. The van der Waals surface area contributed by atoms with Crippen molar-refractivity contribution in [2.75, 3.05) is 26.3 Å². The molecule has 8 heteroatoms. The van der Waals surface area contributed by atoms with Crippen LogP contribution >= 0.6 is 0 Å². The number of unbranched alkanes of at least 4 members (excludes halogenated alkanes) is 8. The van der Waals surface area contributed by atoms with Gasteiger partial charge >= 0.3 is 11.9 Å². The van der Waals surface area contributed by atoms with E-state index in [1.54, 1.807) is 24.8 Å². The Balaban J connectivity index is 0.00000840. The first-order chi connectivity index (χ1) is 19.4. The third kappa shape index (κ3) is 15.8. The molecule has 0 bridgehead atoms. The van der Waals surface area contributed by atoms with Gasteiger partial charge in [-0.25, -0.2) is 4.57 Å². The highest BCUT2D eigenvalue weighted by atomic mass is 79.9. The van der Waals surface area contributed by atoms with E-state index < -0.39 is 11.9 Å². The maximum atomic E-state index is 12.1. The number of carbonyl (C=O) groups excluding carboxylic acids is 2. The van der Waals surface area contributed by atoms with E-state index in [1.807, 2.05) is 24.3 Å². The lowest BCUT2D eigenvalue weighted by atomic mass is 10.1. The largest absolute Gasteiger partial charge is 1.00 e. The molecule has 0 fully saturated rings. The van der Waals surface area contributed by atoms with Gasteiger partial charge in [0.15, 0.2) is 12.4 Å². The summed E-state index contributed by atoms with van der Waals surface area (Å²) in [4.78, 5) is 25.7. The summed E-state index contributed by atoms with van der Waals surface area (Å²) in [6.45, 7) is 7.34. The van der Waals surface area contributed by atoms with Crippen LogP contribution in [0.3, 0.4) is 0 Å². The Kier molecular flexibility index (Phi) is 19.5. The number of ether oxygens (including phenoxy) is 2. The van der Waals surface area contributed by atoms with Crippen LogP contribution in [0.15, 0.2) is 42.7 Å². The summed E-state index contributed by atoms with van der Waals surface area (Å²) < 4.78 is 12.3. The minimum absolute atomic E-state index is 0. The molecule has 0 spiro atoms. The van der Waals surface area contributed by atoms with Gasteiger partial charge in [0, 0.05) is 30.7 Å². The van der Waals surface area contributed by atoms with Crippen molar-refractivity contribution < 1.29 is 45.7 Å². The highest BCUT2D eigenvalue weighted by Crippen LogP contribution is 2.22. The lowest BCUT2D eigenvalue weighted by Gasteiger charge is -2.21. The van der Waals surface area contributed by atoms with Crippen molar-refractivity contribution in [2.45, 2.75) is 91.6 Å². The van der Waals surface area contributed by atoms with Crippen molar-refractivity contribution in [1.82, 2.24) is 4.90 Å². The highest BCUT2D eigenvalue weighted by Gasteiger charge is 2.18. The Morgan fingerprint density at radius 3 is 1.88 bits per heavy atom. The van der Waals surface area contributed by atoms with Crippen LogP contribution in [-0.4, -0.2) is 48.2 Å². The number of esters is 2. The molecule has 41 heavy (non-hydrogen) atoms. The molecule has 0 aliphatic heterocycles. The fourth-order valence-corrected chi connectivity index (χ4v) is 4.55. The summed E-state index contributed by atoms with van der Waals surface area (Å²) in [6, 6.07) is 9.54. The first-order valence-electron chi connectivity index (χ1n) is 15.0. The molecule has 1 aromatic heterocycles. The molecule has 0 aliphatic rings. The van der Waals surface area contributed by atoms with E-state index in [-0.39, 0.29) is 55.6 Å². The molecule has 0 unspecified atom stereocenters. The number of phenolic OH excluding ortho intramolecular Hbond substituents is 1. The van der Waals surface area contributed by atoms with Crippen LogP contribution in [0, 0.1) is 0 Å². The molecule has 0 atom stereocenters. The Bertz CT molecular complexity index is 1020. The standard InChI is InChI=1S/C33H48N2O5.BrH/c1-4-7-8-9-10-11-12-13-14-21-34-22-19-28(20-23-34)15-16-29-17-18-31(36)30(24-29)25-35(26-32(37)39-5-2)27-33(38)40-6-3;/h15-20,22-24H,4-14,21,25-27H2,1-3H3;1H. The first kappa shape index (κ1) is 36.3. The van der Waals surface area contributed by atoms with Gasteiger partial charge in [-0.05, 0) is 43.5 Å². The number of rotatable bonds is 20. The summed E-state index contributed by atoms with van der Waals surface area (Å²) in [7, 11) is 0. The number of hydrogen-bond acceptors (Lipinski definition) is 6. The van der Waals surface area contributed by atoms with E-state index in [0.717, 1.165) is 17.7 Å². The third-order valence-corrected chi connectivity index (χ3v) is 6.72. The van der Waals surface area contributed by atoms with Crippen molar-refractivity contribution >= 4 is 24.1 Å². The van der Waals surface area contributed by atoms with Gasteiger partial charge in [-0.2, -0.15) is 0 Å². The van der Waals surface area contributed by atoms with Crippen LogP contribution in [0.25, 0.3) is 12.2 Å². The molecular formula is C33H49BrN2O5. The highest BCUT2D eigenvalue weighted by molar-refractivity contribution is 5.75. The molecule has 0 amide bonds. The Morgan fingerprint density at radius 2 is 1.32 bits per heavy atom. The molecule has 0 radical (unpaired) electrons. The molecule has 0 aliphatic carbocycles. The van der Waals surface area contributed by atoms with Gasteiger partial charge in [-0.1, -0.05) is 70.1 Å². The number of aryl methyl sites for hydroxylation is 1. The Morgan fingerprint density at radius 1 is 0.780 bits per heavy atom. The second-order valence-electron chi connectivity index (χ2n) is 10.2. The normalized spacial score (nSPS) is 11.0. The van der Waals surface area contributed by atoms with E-state index in [1.165, 1.54) is 57.8 Å². The second-order valence-corrected chi connectivity index (χ2v) is 10.2. The van der Waals surface area contributed by atoms with Gasteiger partial charge < -0.3 is 31.6 Å². The Labute approximate surface area is 257 Å². The van der Waals surface area contributed by atoms with Crippen LogP contribution < -0.4 is 21.5 Å². The van der Waals surface area contributed by atoms with Crippen molar-refractivity contribution in [3.05, 3.63) is 59.4 Å². The maximum absolute atomic E-state index is 12.1. The number of aromatic hydroxyl groups is 1. The van der Waals surface area contributed by atoms with Gasteiger partial charge in [0.2, 0.25) is 0 Å². The number of hydrogen-bond donors (Lipinski definition) is 1. The second kappa shape index (κ2) is 22.0. The van der Waals surface area contributed by atoms with Crippen molar-refractivity contribution in [3.63, 3.8) is 0 Å². The number of pyridine rings is 1. The smallest absolute Gasteiger partial charge is 0.320 e. The zero-order valence-electron chi connectivity index (χ0n) is 25.2. The van der Waals surface area contributed by atoms with Crippen molar-refractivity contribution in [3.8, 4) is 5.75 Å². The van der Waals surface area contributed by atoms with E-state index in [4.69, 9.17) is 9.47 Å². The van der Waals surface area contributed by atoms with E-state index in [2.05, 4.69) is 36.0 Å². The van der Waals surface area contributed by atoms with Gasteiger partial charge in [-0.15, -0.1) is 0 Å². The number of benzene rings is 1. The lowest BCUT2D eigenvalue weighted by molar-refractivity contribution is -0.697. The monoisotopic (exact) mass is 632 g/mol. The zero-order chi connectivity index (χ0) is 29.0. The first-order valence-corrected chi connectivity index (χ1v) is 15.0. The summed E-state index contributed by atoms with van der Waals surface area (Å²) >= 11 is 0. The van der Waals surface area contributed by atoms with Gasteiger partial charge in [-0.3, -0.25) is 14.5 Å². The molecule has 7 nitrogen and oxygen atoms in total. The molecule has 228 valence electrons. The molecule has 2 rings (SSSR count). The third-order valence-electron chi connectivity index (χ3n) is 6.72. The number of phenols is 1. The van der Waals surface area contributed by atoms with Crippen LogP contribution in [0.2, 0.25) is 0 Å². The minimum atomic E-state index is -0.429. The molecule has 2 aromatic rings. The van der Waals surface area contributed by atoms with E-state index in [9.17, 15) is 14.7 Å². The van der Waals surface area contributed by atoms with Gasteiger partial charge in [0.25, 0.3) is 0 Å². The SMILES string of the molecule is CCCCCCCCCCC[n+]1ccc(/C=C/c2ccc(O)c(CN(CC(=O)OCC)CC(=O)OCC)c2)cc1.[Br-]. The number of carbonyl (C=O) groups is 2. The van der Waals surface area contributed by atoms with Gasteiger partial charge in [0.1, 0.15) is 12.3 Å². The molecular weight excluding hydrogens is 584 g/mol. The molecule has 0 saturated carbocycles. The van der Waals surface area contributed by atoms with Crippen LogP contribution in [-0.2, 0) is 32.2 Å². The van der Waals surface area contributed by atoms with E-state index in [0.29, 0.717) is 5.56 Å². The molecule has 1 heterocycles. The fourth-order valence-electron chi connectivity index (χ4n) is 4.55. The summed E-state index contributed by atoms with van der Waals surface area (Å²) in [5.41, 5.74) is 2.61. The fraction of sp³-hybridized carbons (Fsp3) is 0.545. The average molecular weight is 634 g/mol. The predicted octanol–water partition coefficient (Wildman–Crippen LogP) is 3.31. The molecule has 1 aromatic carbocycles. The lowest BCUT2D eigenvalue weighted by Crippen LogP contribution is -3.00. The maximum Gasteiger partial charge on any atom is 0.320 e. The Hall–Kier alpha value is -2.71. The van der Waals surface area contributed by atoms with Crippen molar-refractivity contribution in [2.24, 2.45) is 0 Å². The van der Waals surface area contributed by atoms with Gasteiger partial charge in [0.05, 0.1) is 26.3 Å². The number of halogens is 1. The van der Waals surface area contributed by atoms with Crippen molar-refractivity contribution in [1.29, 1.82) is 0 Å². The topological polar surface area (TPSA) is 80.0 Å². The number of aromatic nitrogens is 1. The van der Waals surface area contributed by atoms with E-state index >= 15 is 0 Å². The molecule has 1 N–H and O–H groups in total. The predicted molar refractivity (Wildman–Crippen MR) is 159 cm³/mol. The summed E-state index contributed by atoms with van der Waals surface area (Å²) in [5, 5.41) is 10.5. The average Bonchev–Trinajstić information content (AvgIpc) is 2.93.